The van der Waals surface area contributed by atoms with Gasteiger partial charge in [-0.3, -0.25) is 9.69 Å². The summed E-state index contributed by atoms with van der Waals surface area (Å²) < 4.78 is 0. The van der Waals surface area contributed by atoms with E-state index in [-0.39, 0.29) is 5.92 Å². The van der Waals surface area contributed by atoms with Crippen molar-refractivity contribution < 1.29 is 9.90 Å². The molecule has 190 valence electrons. The molecule has 2 aromatic rings. The molecule has 3 heterocycles. The highest BCUT2D eigenvalue weighted by Gasteiger charge is 2.41. The van der Waals surface area contributed by atoms with Crippen LogP contribution in [0.15, 0.2) is 48.8 Å². The number of carboxylic acids is 1. The molecule has 7 nitrogen and oxygen atoms in total. The van der Waals surface area contributed by atoms with Gasteiger partial charge in [0.25, 0.3) is 0 Å². The maximum absolute atomic E-state index is 12.1. The van der Waals surface area contributed by atoms with Gasteiger partial charge in [0.05, 0.1) is 0 Å². The first kappa shape index (κ1) is 25.6. The number of hydrogen-bond acceptors (Lipinski definition) is 6. The standard InChI is InChI=1S/C28H41N5O2/c1-4-15-33(28-29-13-8-14-30-28)24-11-16-31(17-12-24)18-23-19-32(26(21(2)3)27(34)35)20-25(23)22-9-6-5-7-10-22/h5-10,13-14,21,23-26H,4,11-12,15-20H2,1-3H3,(H,34,35). The lowest BCUT2D eigenvalue weighted by Gasteiger charge is -2.39. The summed E-state index contributed by atoms with van der Waals surface area (Å²) in [4.78, 5) is 28.3. The Morgan fingerprint density at radius 3 is 2.37 bits per heavy atom. The van der Waals surface area contributed by atoms with E-state index in [1.165, 1.54) is 5.56 Å². The Morgan fingerprint density at radius 1 is 1.09 bits per heavy atom. The van der Waals surface area contributed by atoms with Crippen molar-refractivity contribution in [3.05, 3.63) is 54.4 Å². The average Bonchev–Trinajstić information content (AvgIpc) is 3.26. The van der Waals surface area contributed by atoms with E-state index < -0.39 is 12.0 Å². The summed E-state index contributed by atoms with van der Waals surface area (Å²) in [6.45, 7) is 12.0. The number of hydrogen-bond donors (Lipinski definition) is 1. The smallest absolute Gasteiger partial charge is 0.321 e. The summed E-state index contributed by atoms with van der Waals surface area (Å²) in [5.41, 5.74) is 1.33. The van der Waals surface area contributed by atoms with E-state index in [1.54, 1.807) is 0 Å². The van der Waals surface area contributed by atoms with Crippen molar-refractivity contribution in [1.82, 2.24) is 19.8 Å². The van der Waals surface area contributed by atoms with E-state index >= 15 is 0 Å². The van der Waals surface area contributed by atoms with E-state index in [1.807, 2.05) is 32.3 Å². The zero-order chi connectivity index (χ0) is 24.8. The van der Waals surface area contributed by atoms with Gasteiger partial charge in [0.2, 0.25) is 5.95 Å². The molecule has 1 N–H and O–H groups in total. The first-order valence-electron chi connectivity index (χ1n) is 13.3. The molecule has 0 amide bonds. The van der Waals surface area contributed by atoms with Crippen LogP contribution in [0.3, 0.4) is 0 Å². The highest BCUT2D eigenvalue weighted by Crippen LogP contribution is 2.36. The molecule has 3 unspecified atom stereocenters. The number of aliphatic carboxylic acids is 1. The van der Waals surface area contributed by atoms with Gasteiger partial charge < -0.3 is 14.9 Å². The van der Waals surface area contributed by atoms with Crippen molar-refractivity contribution in [2.75, 3.05) is 44.2 Å². The number of aromatic nitrogens is 2. The van der Waals surface area contributed by atoms with Crippen LogP contribution in [0.2, 0.25) is 0 Å². The molecule has 0 aliphatic carbocycles. The third kappa shape index (κ3) is 6.19. The van der Waals surface area contributed by atoms with E-state index in [0.717, 1.165) is 64.5 Å². The second-order valence-electron chi connectivity index (χ2n) is 10.5. The Balaban J connectivity index is 1.43. The predicted octanol–water partition coefficient (Wildman–Crippen LogP) is 3.98. The molecule has 3 atom stereocenters. The molecule has 2 saturated heterocycles. The van der Waals surface area contributed by atoms with Gasteiger partial charge in [-0.15, -0.1) is 0 Å². The molecule has 35 heavy (non-hydrogen) atoms. The van der Waals surface area contributed by atoms with Gasteiger partial charge in [0.1, 0.15) is 6.04 Å². The maximum Gasteiger partial charge on any atom is 0.321 e. The van der Waals surface area contributed by atoms with Gasteiger partial charge in [-0.1, -0.05) is 51.1 Å². The number of carbonyl (C=O) groups is 1. The van der Waals surface area contributed by atoms with Gasteiger partial charge in [-0.25, -0.2) is 9.97 Å². The van der Waals surface area contributed by atoms with Crippen LogP contribution < -0.4 is 4.90 Å². The van der Waals surface area contributed by atoms with Crippen molar-refractivity contribution in [2.24, 2.45) is 11.8 Å². The van der Waals surface area contributed by atoms with Crippen LogP contribution in [0, 0.1) is 11.8 Å². The Labute approximate surface area is 210 Å². The van der Waals surface area contributed by atoms with Crippen molar-refractivity contribution in [3.8, 4) is 0 Å². The van der Waals surface area contributed by atoms with Crippen LogP contribution in [-0.2, 0) is 4.79 Å². The first-order valence-corrected chi connectivity index (χ1v) is 13.3. The fourth-order valence-electron chi connectivity index (χ4n) is 6.13. The van der Waals surface area contributed by atoms with E-state index in [2.05, 4.69) is 61.9 Å². The minimum absolute atomic E-state index is 0.0863. The Kier molecular flexibility index (Phi) is 8.74. The van der Waals surface area contributed by atoms with Crippen LogP contribution in [0.25, 0.3) is 0 Å². The fourth-order valence-corrected chi connectivity index (χ4v) is 6.13. The molecular weight excluding hydrogens is 438 g/mol. The molecule has 2 fully saturated rings. The van der Waals surface area contributed by atoms with Crippen molar-refractivity contribution in [1.29, 1.82) is 0 Å². The molecule has 1 aromatic carbocycles. The van der Waals surface area contributed by atoms with Crippen LogP contribution >= 0.6 is 0 Å². The Hall–Kier alpha value is -2.51. The summed E-state index contributed by atoms with van der Waals surface area (Å²) >= 11 is 0. The SMILES string of the molecule is CCCN(c1ncccn1)C1CCN(CC2CN(C(C(=O)O)C(C)C)CC2c2ccccc2)CC1. The minimum atomic E-state index is -0.701. The molecule has 2 aliphatic heterocycles. The van der Waals surface area contributed by atoms with Crippen LogP contribution in [-0.4, -0.2) is 82.2 Å². The topological polar surface area (TPSA) is 72.8 Å². The summed E-state index contributed by atoms with van der Waals surface area (Å²) in [6, 6.07) is 12.6. The van der Waals surface area contributed by atoms with E-state index in [0.29, 0.717) is 17.9 Å². The number of rotatable bonds is 10. The fraction of sp³-hybridized carbons (Fsp3) is 0.607. The number of benzene rings is 1. The first-order chi connectivity index (χ1) is 17.0. The number of anilines is 1. The predicted molar refractivity (Wildman–Crippen MR) is 140 cm³/mol. The number of nitrogens with zero attached hydrogens (tertiary/aromatic N) is 5. The number of piperidine rings is 1. The van der Waals surface area contributed by atoms with Crippen LogP contribution in [0.5, 0.6) is 0 Å². The second kappa shape index (κ2) is 12.0. The zero-order valence-corrected chi connectivity index (χ0v) is 21.5. The van der Waals surface area contributed by atoms with Gasteiger partial charge in [-0.2, -0.15) is 0 Å². The monoisotopic (exact) mass is 479 g/mol. The third-order valence-corrected chi connectivity index (χ3v) is 7.74. The lowest BCUT2D eigenvalue weighted by Crippen LogP contribution is -2.47. The largest absolute Gasteiger partial charge is 0.480 e. The van der Waals surface area contributed by atoms with E-state index in [9.17, 15) is 9.90 Å². The van der Waals surface area contributed by atoms with Crippen molar-refractivity contribution in [3.63, 3.8) is 0 Å². The normalized spacial score (nSPS) is 23.0. The quantitative estimate of drug-likeness (QED) is 0.552. The lowest BCUT2D eigenvalue weighted by atomic mass is 9.88. The van der Waals surface area contributed by atoms with Gasteiger partial charge >= 0.3 is 5.97 Å². The maximum atomic E-state index is 12.1. The third-order valence-electron chi connectivity index (χ3n) is 7.74. The Bertz CT molecular complexity index is 917. The second-order valence-corrected chi connectivity index (χ2v) is 10.5. The van der Waals surface area contributed by atoms with Crippen molar-refractivity contribution in [2.45, 2.75) is 58.0 Å². The van der Waals surface area contributed by atoms with Crippen molar-refractivity contribution >= 4 is 11.9 Å². The molecule has 0 bridgehead atoms. The molecule has 2 aliphatic rings. The molecule has 4 rings (SSSR count). The summed E-state index contributed by atoms with van der Waals surface area (Å²) in [6.07, 6.45) is 6.95. The van der Waals surface area contributed by atoms with Gasteiger partial charge in [0.15, 0.2) is 0 Å². The van der Waals surface area contributed by atoms with Gasteiger partial charge in [0, 0.05) is 63.6 Å². The van der Waals surface area contributed by atoms with Crippen LogP contribution in [0.1, 0.15) is 51.5 Å². The highest BCUT2D eigenvalue weighted by molar-refractivity contribution is 5.73. The van der Waals surface area contributed by atoms with E-state index in [4.69, 9.17) is 0 Å². The summed E-state index contributed by atoms with van der Waals surface area (Å²) in [7, 11) is 0. The summed E-state index contributed by atoms with van der Waals surface area (Å²) in [5.74, 6) is 1.02. The summed E-state index contributed by atoms with van der Waals surface area (Å²) in [5, 5.41) is 9.92. The average molecular weight is 480 g/mol. The number of carboxylic acid groups (broad SMARTS) is 1. The zero-order valence-electron chi connectivity index (χ0n) is 21.5. The molecule has 0 spiro atoms. The highest BCUT2D eigenvalue weighted by atomic mass is 16.4. The van der Waals surface area contributed by atoms with Crippen LogP contribution in [0.4, 0.5) is 5.95 Å². The lowest BCUT2D eigenvalue weighted by molar-refractivity contribution is -0.144. The molecule has 1 aromatic heterocycles. The molecular formula is C28H41N5O2. The molecule has 0 radical (unpaired) electrons. The Morgan fingerprint density at radius 2 is 1.77 bits per heavy atom. The molecule has 7 heteroatoms. The van der Waals surface area contributed by atoms with Gasteiger partial charge in [-0.05, 0) is 42.7 Å². The number of likely N-dealkylation sites (tertiary alicyclic amines) is 2. The molecule has 0 saturated carbocycles. The minimum Gasteiger partial charge on any atom is -0.480 e.